The van der Waals surface area contributed by atoms with Gasteiger partial charge in [0.1, 0.15) is 5.65 Å². The van der Waals surface area contributed by atoms with Crippen LogP contribution in [0.4, 0.5) is 0 Å². The zero-order chi connectivity index (χ0) is 16.5. The molecule has 116 valence electrons. The monoisotopic (exact) mass is 314 g/mol. The molecule has 4 aromatic rings. The van der Waals surface area contributed by atoms with Crippen LogP contribution in [0.2, 0.25) is 0 Å². The van der Waals surface area contributed by atoms with Gasteiger partial charge in [0.2, 0.25) is 0 Å². The lowest BCUT2D eigenvalue weighted by Crippen LogP contribution is -1.96. The molecule has 0 aliphatic rings. The summed E-state index contributed by atoms with van der Waals surface area (Å²) in [5.41, 5.74) is 4.91. The van der Waals surface area contributed by atoms with Gasteiger partial charge in [0.15, 0.2) is 0 Å². The first-order chi connectivity index (χ1) is 11.7. The highest BCUT2D eigenvalue weighted by Gasteiger charge is 2.15. The Morgan fingerprint density at radius 1 is 0.833 bits per heavy atom. The van der Waals surface area contributed by atoms with Gasteiger partial charge < -0.3 is 5.11 Å². The van der Waals surface area contributed by atoms with Gasteiger partial charge in [-0.2, -0.15) is 0 Å². The molecule has 0 bridgehead atoms. The zero-order valence-corrected chi connectivity index (χ0v) is 12.8. The minimum atomic E-state index is -0.928. The van der Waals surface area contributed by atoms with Crippen LogP contribution < -0.4 is 0 Å². The van der Waals surface area contributed by atoms with Crippen LogP contribution in [-0.2, 0) is 0 Å². The average molecular weight is 314 g/mol. The maximum Gasteiger partial charge on any atom is 0.335 e. The fourth-order valence-electron chi connectivity index (χ4n) is 2.84. The highest BCUT2D eigenvalue weighted by molar-refractivity contribution is 5.89. The predicted octanol–water partition coefficient (Wildman–Crippen LogP) is 4.37. The van der Waals surface area contributed by atoms with E-state index >= 15 is 0 Å². The standard InChI is InChI=1S/C20H14N2O2/c23-20(24)16-11-9-15(10-12-16)19-18(14-6-2-1-3-7-14)21-17-8-4-5-13-22(17)19/h1-13H,(H,23,24). The minimum Gasteiger partial charge on any atom is -0.478 e. The van der Waals surface area contributed by atoms with Crippen molar-refractivity contribution in [1.82, 2.24) is 9.38 Å². The molecule has 2 heterocycles. The van der Waals surface area contributed by atoms with Gasteiger partial charge in [-0.15, -0.1) is 0 Å². The van der Waals surface area contributed by atoms with Crippen LogP contribution in [0.25, 0.3) is 28.2 Å². The summed E-state index contributed by atoms with van der Waals surface area (Å²) in [6, 6.07) is 22.7. The van der Waals surface area contributed by atoms with Gasteiger partial charge >= 0.3 is 5.97 Å². The van der Waals surface area contributed by atoms with Gasteiger partial charge in [0.05, 0.1) is 17.0 Å². The van der Waals surface area contributed by atoms with E-state index in [1.54, 1.807) is 12.1 Å². The number of aromatic nitrogens is 2. The molecule has 2 aromatic carbocycles. The molecule has 0 saturated carbocycles. The summed E-state index contributed by atoms with van der Waals surface area (Å²) in [6.07, 6.45) is 1.97. The molecule has 0 aliphatic carbocycles. The maximum atomic E-state index is 11.1. The Morgan fingerprint density at radius 3 is 2.25 bits per heavy atom. The van der Waals surface area contributed by atoms with E-state index in [0.717, 1.165) is 28.2 Å². The smallest absolute Gasteiger partial charge is 0.335 e. The lowest BCUT2D eigenvalue weighted by molar-refractivity contribution is 0.0697. The molecule has 4 rings (SSSR count). The Hall–Kier alpha value is -3.40. The van der Waals surface area contributed by atoms with Gasteiger partial charge in [-0.25, -0.2) is 9.78 Å². The van der Waals surface area contributed by atoms with Crippen molar-refractivity contribution in [3.63, 3.8) is 0 Å². The summed E-state index contributed by atoms with van der Waals surface area (Å²) in [7, 11) is 0. The van der Waals surface area contributed by atoms with Crippen molar-refractivity contribution < 1.29 is 9.90 Å². The number of benzene rings is 2. The summed E-state index contributed by atoms with van der Waals surface area (Å²) in [4.78, 5) is 15.8. The van der Waals surface area contributed by atoms with E-state index in [-0.39, 0.29) is 5.56 Å². The van der Waals surface area contributed by atoms with Crippen LogP contribution in [0, 0.1) is 0 Å². The summed E-state index contributed by atoms with van der Waals surface area (Å²) < 4.78 is 2.03. The fourth-order valence-corrected chi connectivity index (χ4v) is 2.84. The molecule has 0 atom stereocenters. The number of aromatic carboxylic acids is 1. The van der Waals surface area contributed by atoms with Crippen molar-refractivity contribution in [3.05, 3.63) is 84.6 Å². The Morgan fingerprint density at radius 2 is 1.54 bits per heavy atom. The van der Waals surface area contributed by atoms with Crippen molar-refractivity contribution in [2.45, 2.75) is 0 Å². The summed E-state index contributed by atoms with van der Waals surface area (Å²) >= 11 is 0. The van der Waals surface area contributed by atoms with E-state index in [2.05, 4.69) is 0 Å². The maximum absolute atomic E-state index is 11.1. The topological polar surface area (TPSA) is 54.6 Å². The number of nitrogens with zero attached hydrogens (tertiary/aromatic N) is 2. The third kappa shape index (κ3) is 2.34. The van der Waals surface area contributed by atoms with Gasteiger partial charge in [-0.3, -0.25) is 4.40 Å². The Kier molecular flexibility index (Phi) is 3.35. The zero-order valence-electron chi connectivity index (χ0n) is 12.8. The lowest BCUT2D eigenvalue weighted by atomic mass is 10.0. The molecule has 0 aliphatic heterocycles. The number of carboxylic acid groups (broad SMARTS) is 1. The van der Waals surface area contributed by atoms with Gasteiger partial charge in [-0.1, -0.05) is 48.5 Å². The van der Waals surface area contributed by atoms with Crippen LogP contribution in [0.5, 0.6) is 0 Å². The molecular weight excluding hydrogens is 300 g/mol. The van der Waals surface area contributed by atoms with E-state index in [1.165, 1.54) is 0 Å². The molecule has 0 amide bonds. The van der Waals surface area contributed by atoms with Gasteiger partial charge in [-0.05, 0) is 24.3 Å². The van der Waals surface area contributed by atoms with Gasteiger partial charge in [0, 0.05) is 17.3 Å². The van der Waals surface area contributed by atoms with Crippen molar-refractivity contribution in [2.75, 3.05) is 0 Å². The quantitative estimate of drug-likeness (QED) is 0.611. The molecule has 0 unspecified atom stereocenters. The van der Waals surface area contributed by atoms with Crippen molar-refractivity contribution >= 4 is 11.6 Å². The van der Waals surface area contributed by atoms with E-state index in [0.29, 0.717) is 0 Å². The van der Waals surface area contributed by atoms with Crippen molar-refractivity contribution in [3.8, 4) is 22.5 Å². The van der Waals surface area contributed by atoms with Gasteiger partial charge in [0.25, 0.3) is 0 Å². The van der Waals surface area contributed by atoms with Crippen molar-refractivity contribution in [1.29, 1.82) is 0 Å². The summed E-state index contributed by atoms with van der Waals surface area (Å²) in [5.74, 6) is -0.928. The number of carboxylic acids is 1. The Labute approximate surface area is 138 Å². The molecule has 0 radical (unpaired) electrons. The van der Waals surface area contributed by atoms with E-state index in [4.69, 9.17) is 10.1 Å². The van der Waals surface area contributed by atoms with Crippen LogP contribution in [0.3, 0.4) is 0 Å². The molecule has 2 aromatic heterocycles. The Bertz CT molecular complexity index is 1020. The summed E-state index contributed by atoms with van der Waals surface area (Å²) in [5, 5.41) is 9.09. The molecule has 4 nitrogen and oxygen atoms in total. The minimum absolute atomic E-state index is 0.272. The second-order valence-electron chi connectivity index (χ2n) is 5.49. The molecule has 0 fully saturated rings. The number of carbonyl (C=O) groups is 1. The van der Waals surface area contributed by atoms with Crippen LogP contribution in [-0.4, -0.2) is 20.5 Å². The number of fused-ring (bicyclic) bond motifs is 1. The second-order valence-corrected chi connectivity index (χ2v) is 5.49. The first-order valence-corrected chi connectivity index (χ1v) is 7.60. The van der Waals surface area contributed by atoms with E-state index in [9.17, 15) is 4.79 Å². The highest BCUT2D eigenvalue weighted by atomic mass is 16.4. The molecule has 24 heavy (non-hydrogen) atoms. The number of hydrogen-bond acceptors (Lipinski definition) is 2. The third-order valence-electron chi connectivity index (χ3n) is 3.98. The summed E-state index contributed by atoms with van der Waals surface area (Å²) in [6.45, 7) is 0. The third-order valence-corrected chi connectivity index (χ3v) is 3.98. The normalized spacial score (nSPS) is 10.8. The fraction of sp³-hybridized carbons (Fsp3) is 0. The molecular formula is C20H14N2O2. The lowest BCUT2D eigenvalue weighted by Gasteiger charge is -2.06. The number of pyridine rings is 1. The van der Waals surface area contributed by atoms with E-state index in [1.807, 2.05) is 71.3 Å². The molecule has 0 spiro atoms. The SMILES string of the molecule is O=C(O)c1ccc(-c2c(-c3ccccc3)nc3ccccn23)cc1. The first kappa shape index (κ1) is 14.2. The predicted molar refractivity (Wildman–Crippen MR) is 93.0 cm³/mol. The molecule has 4 heteroatoms. The molecule has 0 saturated heterocycles. The first-order valence-electron chi connectivity index (χ1n) is 7.60. The number of imidazole rings is 1. The largest absolute Gasteiger partial charge is 0.478 e. The number of rotatable bonds is 3. The Balaban J connectivity index is 1.97. The van der Waals surface area contributed by atoms with Crippen molar-refractivity contribution in [2.24, 2.45) is 0 Å². The molecule has 1 N–H and O–H groups in total. The van der Waals surface area contributed by atoms with Crippen LogP contribution in [0.1, 0.15) is 10.4 Å². The number of hydrogen-bond donors (Lipinski definition) is 1. The second kappa shape index (κ2) is 5.66. The highest BCUT2D eigenvalue weighted by Crippen LogP contribution is 2.32. The van der Waals surface area contributed by atoms with Crippen LogP contribution >= 0.6 is 0 Å². The average Bonchev–Trinajstić information content (AvgIpc) is 3.02. The van der Waals surface area contributed by atoms with E-state index < -0.39 is 5.97 Å². The van der Waals surface area contributed by atoms with Crippen LogP contribution in [0.15, 0.2) is 79.0 Å².